The monoisotopic (exact) mass is 274 g/mol. The van der Waals surface area contributed by atoms with Crippen LogP contribution in [0.25, 0.3) is 0 Å². The Morgan fingerprint density at radius 1 is 1.50 bits per heavy atom. The van der Waals surface area contributed by atoms with Crippen molar-refractivity contribution in [3.05, 3.63) is 29.3 Å². The standard InChI is InChI=1S/C16H22N2O2/c1-11-7-13-8-12(4-5-15(13)18-11)16(19)10-17-9-14-3-2-6-20-14/h4-5,8,11,14,17-18H,2-3,6-7,9-10H2,1H3. The molecule has 0 amide bonds. The van der Waals surface area contributed by atoms with Crippen molar-refractivity contribution < 1.29 is 9.53 Å². The van der Waals surface area contributed by atoms with E-state index in [2.05, 4.69) is 17.6 Å². The first-order valence-corrected chi connectivity index (χ1v) is 7.47. The van der Waals surface area contributed by atoms with Crippen molar-refractivity contribution in [1.29, 1.82) is 0 Å². The molecular formula is C16H22N2O2. The average molecular weight is 274 g/mol. The fourth-order valence-corrected chi connectivity index (χ4v) is 2.98. The van der Waals surface area contributed by atoms with Crippen molar-refractivity contribution in [2.24, 2.45) is 0 Å². The molecule has 1 aromatic rings. The second-order valence-corrected chi connectivity index (χ2v) is 5.81. The molecule has 0 aromatic heterocycles. The van der Waals surface area contributed by atoms with Gasteiger partial charge in [0.25, 0.3) is 0 Å². The molecule has 0 spiro atoms. The normalized spacial score (nSPS) is 24.4. The number of anilines is 1. The number of nitrogens with one attached hydrogen (secondary N) is 2. The van der Waals surface area contributed by atoms with E-state index in [4.69, 9.17) is 4.74 Å². The molecule has 2 aliphatic heterocycles. The van der Waals surface area contributed by atoms with Crippen LogP contribution < -0.4 is 10.6 Å². The summed E-state index contributed by atoms with van der Waals surface area (Å²) in [6, 6.07) is 6.43. The highest BCUT2D eigenvalue weighted by atomic mass is 16.5. The summed E-state index contributed by atoms with van der Waals surface area (Å²) in [6.45, 7) is 4.18. The Hall–Kier alpha value is -1.39. The number of carbonyl (C=O) groups excluding carboxylic acids is 1. The van der Waals surface area contributed by atoms with Crippen LogP contribution in [0, 0.1) is 0 Å². The summed E-state index contributed by atoms with van der Waals surface area (Å²) < 4.78 is 5.53. The lowest BCUT2D eigenvalue weighted by molar-refractivity contribution is 0.0955. The predicted molar refractivity (Wildman–Crippen MR) is 79.4 cm³/mol. The topological polar surface area (TPSA) is 50.4 Å². The van der Waals surface area contributed by atoms with Gasteiger partial charge < -0.3 is 15.4 Å². The number of ketones is 1. The molecule has 4 heteroatoms. The number of hydrogen-bond donors (Lipinski definition) is 2. The van der Waals surface area contributed by atoms with Crippen LogP contribution >= 0.6 is 0 Å². The first-order valence-electron chi connectivity index (χ1n) is 7.47. The molecule has 20 heavy (non-hydrogen) atoms. The Bertz CT molecular complexity index is 495. The van der Waals surface area contributed by atoms with Gasteiger partial charge in [0.1, 0.15) is 0 Å². The Morgan fingerprint density at radius 3 is 3.20 bits per heavy atom. The summed E-state index contributed by atoms with van der Waals surface area (Å²) in [5, 5.41) is 6.61. The van der Waals surface area contributed by atoms with E-state index in [-0.39, 0.29) is 11.9 Å². The molecule has 0 aliphatic carbocycles. The smallest absolute Gasteiger partial charge is 0.176 e. The van der Waals surface area contributed by atoms with Crippen molar-refractivity contribution in [2.75, 3.05) is 25.0 Å². The number of ether oxygens (including phenoxy) is 1. The van der Waals surface area contributed by atoms with E-state index in [9.17, 15) is 4.79 Å². The zero-order valence-corrected chi connectivity index (χ0v) is 11.9. The molecule has 0 radical (unpaired) electrons. The number of benzene rings is 1. The first-order chi connectivity index (χ1) is 9.72. The summed E-state index contributed by atoms with van der Waals surface area (Å²) in [5.41, 5.74) is 3.23. The van der Waals surface area contributed by atoms with Gasteiger partial charge in [0.15, 0.2) is 5.78 Å². The third kappa shape index (κ3) is 3.02. The van der Waals surface area contributed by atoms with Crippen LogP contribution in [-0.2, 0) is 11.2 Å². The second-order valence-electron chi connectivity index (χ2n) is 5.81. The van der Waals surface area contributed by atoms with Gasteiger partial charge in [-0.25, -0.2) is 0 Å². The number of fused-ring (bicyclic) bond motifs is 1. The third-order valence-corrected chi connectivity index (χ3v) is 4.04. The van der Waals surface area contributed by atoms with Crippen LogP contribution in [0.4, 0.5) is 5.69 Å². The summed E-state index contributed by atoms with van der Waals surface area (Å²) in [5.74, 6) is 0.158. The minimum Gasteiger partial charge on any atom is -0.382 e. The highest BCUT2D eigenvalue weighted by Crippen LogP contribution is 2.26. The van der Waals surface area contributed by atoms with Crippen molar-refractivity contribution >= 4 is 11.5 Å². The van der Waals surface area contributed by atoms with E-state index < -0.39 is 0 Å². The number of rotatable bonds is 5. The third-order valence-electron chi connectivity index (χ3n) is 4.04. The lowest BCUT2D eigenvalue weighted by Crippen LogP contribution is -2.30. The quantitative estimate of drug-likeness (QED) is 0.806. The molecular weight excluding hydrogens is 252 g/mol. The molecule has 0 saturated carbocycles. The molecule has 0 bridgehead atoms. The van der Waals surface area contributed by atoms with Crippen molar-refractivity contribution in [1.82, 2.24) is 5.32 Å². The van der Waals surface area contributed by atoms with Crippen LogP contribution in [0.5, 0.6) is 0 Å². The van der Waals surface area contributed by atoms with Crippen LogP contribution in [0.15, 0.2) is 18.2 Å². The molecule has 108 valence electrons. The van der Waals surface area contributed by atoms with Gasteiger partial charge >= 0.3 is 0 Å². The van der Waals surface area contributed by atoms with Gasteiger partial charge in [0, 0.05) is 30.4 Å². The van der Waals surface area contributed by atoms with Gasteiger partial charge in [-0.2, -0.15) is 0 Å². The second kappa shape index (κ2) is 5.94. The molecule has 4 nitrogen and oxygen atoms in total. The van der Waals surface area contributed by atoms with Gasteiger partial charge in [-0.3, -0.25) is 4.79 Å². The molecule has 3 rings (SSSR count). The van der Waals surface area contributed by atoms with E-state index in [1.165, 1.54) is 11.3 Å². The summed E-state index contributed by atoms with van der Waals surface area (Å²) in [4.78, 5) is 12.2. The van der Waals surface area contributed by atoms with E-state index in [1.807, 2.05) is 18.2 Å². The maximum absolute atomic E-state index is 12.2. The molecule has 2 atom stereocenters. The molecule has 2 N–H and O–H groups in total. The van der Waals surface area contributed by atoms with E-state index in [0.29, 0.717) is 12.6 Å². The van der Waals surface area contributed by atoms with Gasteiger partial charge in [-0.1, -0.05) is 0 Å². The van der Waals surface area contributed by atoms with Crippen molar-refractivity contribution in [3.8, 4) is 0 Å². The largest absolute Gasteiger partial charge is 0.382 e. The molecule has 2 unspecified atom stereocenters. The zero-order valence-electron chi connectivity index (χ0n) is 11.9. The predicted octanol–water partition coefficient (Wildman–Crippen LogP) is 1.99. The SMILES string of the molecule is CC1Cc2cc(C(=O)CNCC3CCCO3)ccc2N1. The summed E-state index contributed by atoms with van der Waals surface area (Å²) in [6.07, 6.45) is 3.52. The Balaban J connectivity index is 1.53. The highest BCUT2D eigenvalue weighted by Gasteiger charge is 2.19. The Kier molecular flexibility index (Phi) is 4.03. The maximum Gasteiger partial charge on any atom is 0.176 e. The maximum atomic E-state index is 12.2. The highest BCUT2D eigenvalue weighted by molar-refractivity contribution is 5.98. The minimum atomic E-state index is 0.158. The van der Waals surface area contributed by atoms with Crippen LogP contribution in [0.2, 0.25) is 0 Å². The molecule has 1 fully saturated rings. The van der Waals surface area contributed by atoms with Gasteiger partial charge in [0.05, 0.1) is 12.6 Å². The van der Waals surface area contributed by atoms with Gasteiger partial charge in [-0.15, -0.1) is 0 Å². The van der Waals surface area contributed by atoms with Crippen molar-refractivity contribution in [2.45, 2.75) is 38.3 Å². The van der Waals surface area contributed by atoms with E-state index in [0.717, 1.165) is 38.0 Å². The van der Waals surface area contributed by atoms with Gasteiger partial charge in [0.2, 0.25) is 0 Å². The van der Waals surface area contributed by atoms with Gasteiger partial charge in [-0.05, 0) is 49.9 Å². The molecule has 1 saturated heterocycles. The molecule has 2 heterocycles. The summed E-state index contributed by atoms with van der Waals surface area (Å²) in [7, 11) is 0. The number of carbonyl (C=O) groups is 1. The average Bonchev–Trinajstić information content (AvgIpc) is 3.05. The van der Waals surface area contributed by atoms with Crippen LogP contribution in [-0.4, -0.2) is 37.6 Å². The first kappa shape index (κ1) is 13.6. The Morgan fingerprint density at radius 2 is 2.40 bits per heavy atom. The minimum absolute atomic E-state index is 0.158. The lowest BCUT2D eigenvalue weighted by atomic mass is 10.0. The van der Waals surface area contributed by atoms with E-state index >= 15 is 0 Å². The Labute approximate surface area is 119 Å². The summed E-state index contributed by atoms with van der Waals surface area (Å²) >= 11 is 0. The molecule has 1 aromatic carbocycles. The van der Waals surface area contributed by atoms with Crippen LogP contribution in [0.3, 0.4) is 0 Å². The molecule has 2 aliphatic rings. The number of hydrogen-bond acceptors (Lipinski definition) is 4. The van der Waals surface area contributed by atoms with E-state index in [1.54, 1.807) is 0 Å². The fraction of sp³-hybridized carbons (Fsp3) is 0.562. The zero-order chi connectivity index (χ0) is 13.9. The fourth-order valence-electron chi connectivity index (χ4n) is 2.98. The van der Waals surface area contributed by atoms with Crippen LogP contribution in [0.1, 0.15) is 35.7 Å². The number of Topliss-reactive ketones (excluding diaryl/α,β-unsaturated/α-hetero) is 1. The van der Waals surface area contributed by atoms with Crippen molar-refractivity contribution in [3.63, 3.8) is 0 Å². The lowest BCUT2D eigenvalue weighted by Gasteiger charge is -2.10.